The van der Waals surface area contributed by atoms with Crippen molar-refractivity contribution in [3.05, 3.63) is 48.0 Å². The van der Waals surface area contributed by atoms with Crippen LogP contribution < -0.4 is 15.2 Å². The van der Waals surface area contributed by atoms with E-state index in [0.29, 0.717) is 18.0 Å². The van der Waals surface area contributed by atoms with Gasteiger partial charge in [-0.1, -0.05) is 6.07 Å². The Morgan fingerprint density at radius 2 is 1.84 bits per heavy atom. The van der Waals surface area contributed by atoms with Gasteiger partial charge < -0.3 is 15.2 Å². The van der Waals surface area contributed by atoms with Crippen molar-refractivity contribution in [2.75, 3.05) is 12.3 Å². The molecular weight excluding hydrogens is 252 g/mol. The number of benzene rings is 2. The lowest BCUT2D eigenvalue weighted by Crippen LogP contribution is -1.96. The van der Waals surface area contributed by atoms with Crippen molar-refractivity contribution in [2.45, 2.75) is 6.92 Å². The minimum absolute atomic E-state index is 0.201. The van der Waals surface area contributed by atoms with E-state index < -0.39 is 11.6 Å². The summed E-state index contributed by atoms with van der Waals surface area (Å²) in [4.78, 5) is 0. The molecule has 0 saturated heterocycles. The van der Waals surface area contributed by atoms with Gasteiger partial charge in [0, 0.05) is 23.9 Å². The third-order valence-electron chi connectivity index (χ3n) is 2.36. The highest BCUT2D eigenvalue weighted by Crippen LogP contribution is 2.30. The minimum atomic E-state index is -1.04. The maximum atomic E-state index is 13.5. The van der Waals surface area contributed by atoms with Crippen molar-refractivity contribution in [2.24, 2.45) is 0 Å². The first-order valence-corrected chi connectivity index (χ1v) is 5.75. The average Bonchev–Trinajstić information content (AvgIpc) is 2.35. The van der Waals surface area contributed by atoms with Crippen LogP contribution in [0.4, 0.5) is 14.5 Å². The van der Waals surface area contributed by atoms with Crippen LogP contribution in [0.25, 0.3) is 0 Å². The van der Waals surface area contributed by atoms with E-state index in [1.807, 2.05) is 6.92 Å². The van der Waals surface area contributed by atoms with Crippen LogP contribution in [0.3, 0.4) is 0 Å². The zero-order chi connectivity index (χ0) is 13.8. The molecule has 0 aliphatic heterocycles. The first-order chi connectivity index (χ1) is 9.10. The third kappa shape index (κ3) is 3.13. The Balaban J connectivity index is 2.30. The summed E-state index contributed by atoms with van der Waals surface area (Å²) in [6.07, 6.45) is 0. The summed E-state index contributed by atoms with van der Waals surface area (Å²) in [5.41, 5.74) is 6.10. The summed E-state index contributed by atoms with van der Waals surface area (Å²) in [6, 6.07) is 8.41. The maximum absolute atomic E-state index is 13.5. The first-order valence-electron chi connectivity index (χ1n) is 5.75. The molecule has 0 unspecified atom stereocenters. The molecule has 2 rings (SSSR count). The van der Waals surface area contributed by atoms with Crippen LogP contribution in [0, 0.1) is 11.6 Å². The van der Waals surface area contributed by atoms with Gasteiger partial charge in [0.15, 0.2) is 11.6 Å². The number of hydrogen-bond acceptors (Lipinski definition) is 3. The lowest BCUT2D eigenvalue weighted by molar-refractivity contribution is 0.337. The van der Waals surface area contributed by atoms with E-state index in [9.17, 15) is 8.78 Å². The Kier molecular flexibility index (Phi) is 3.85. The fourth-order valence-corrected chi connectivity index (χ4v) is 1.59. The SMILES string of the molecule is CCOc1cc(N)cc(Oc2cccc(F)c2F)c1. The van der Waals surface area contributed by atoms with E-state index >= 15 is 0 Å². The first kappa shape index (κ1) is 13.1. The van der Waals surface area contributed by atoms with E-state index in [0.717, 1.165) is 6.07 Å². The molecule has 0 radical (unpaired) electrons. The predicted molar refractivity (Wildman–Crippen MR) is 68.5 cm³/mol. The third-order valence-corrected chi connectivity index (χ3v) is 2.36. The molecule has 0 aromatic heterocycles. The summed E-state index contributed by atoms with van der Waals surface area (Å²) in [5.74, 6) is -1.41. The second kappa shape index (κ2) is 5.56. The van der Waals surface area contributed by atoms with E-state index in [1.165, 1.54) is 18.2 Å². The quantitative estimate of drug-likeness (QED) is 0.856. The Morgan fingerprint density at radius 1 is 1.11 bits per heavy atom. The lowest BCUT2D eigenvalue weighted by Gasteiger charge is -2.10. The van der Waals surface area contributed by atoms with E-state index in [-0.39, 0.29) is 11.5 Å². The largest absolute Gasteiger partial charge is 0.494 e. The van der Waals surface area contributed by atoms with Gasteiger partial charge in [0.2, 0.25) is 5.82 Å². The number of rotatable bonds is 4. The summed E-state index contributed by atoms with van der Waals surface area (Å²) < 4.78 is 37.1. The Labute approximate surface area is 109 Å². The molecule has 0 spiro atoms. The Bertz CT molecular complexity index is 588. The van der Waals surface area contributed by atoms with Gasteiger partial charge in [-0.15, -0.1) is 0 Å². The molecule has 5 heteroatoms. The molecule has 19 heavy (non-hydrogen) atoms. The number of ether oxygens (including phenoxy) is 2. The van der Waals surface area contributed by atoms with E-state index in [1.54, 1.807) is 12.1 Å². The molecule has 0 heterocycles. The van der Waals surface area contributed by atoms with Crippen molar-refractivity contribution in [1.82, 2.24) is 0 Å². The van der Waals surface area contributed by atoms with Gasteiger partial charge in [0.05, 0.1) is 6.61 Å². The molecule has 0 saturated carbocycles. The summed E-state index contributed by atoms with van der Waals surface area (Å²) >= 11 is 0. The number of anilines is 1. The smallest absolute Gasteiger partial charge is 0.201 e. The average molecular weight is 265 g/mol. The van der Waals surface area contributed by atoms with Gasteiger partial charge >= 0.3 is 0 Å². The molecular formula is C14H13F2NO2. The number of hydrogen-bond donors (Lipinski definition) is 1. The van der Waals surface area contributed by atoms with Gasteiger partial charge in [-0.05, 0) is 19.1 Å². The second-order valence-electron chi connectivity index (χ2n) is 3.82. The molecule has 2 aromatic carbocycles. The summed E-state index contributed by atoms with van der Waals surface area (Å²) in [7, 11) is 0. The zero-order valence-electron chi connectivity index (χ0n) is 10.3. The van der Waals surface area contributed by atoms with Crippen LogP contribution in [0.1, 0.15) is 6.92 Å². The monoisotopic (exact) mass is 265 g/mol. The van der Waals surface area contributed by atoms with Gasteiger partial charge in [-0.3, -0.25) is 0 Å². The van der Waals surface area contributed by atoms with Crippen LogP contribution in [-0.4, -0.2) is 6.61 Å². The van der Waals surface area contributed by atoms with Crippen LogP contribution >= 0.6 is 0 Å². The molecule has 2 N–H and O–H groups in total. The van der Waals surface area contributed by atoms with Crippen molar-refractivity contribution in [3.8, 4) is 17.2 Å². The van der Waals surface area contributed by atoms with Crippen LogP contribution in [0.15, 0.2) is 36.4 Å². The maximum Gasteiger partial charge on any atom is 0.201 e. The van der Waals surface area contributed by atoms with Crippen molar-refractivity contribution >= 4 is 5.69 Å². The molecule has 0 amide bonds. The van der Waals surface area contributed by atoms with Crippen LogP contribution in [0.2, 0.25) is 0 Å². The molecule has 0 atom stereocenters. The molecule has 0 aliphatic carbocycles. The summed E-state index contributed by atoms with van der Waals surface area (Å²) in [6.45, 7) is 2.30. The van der Waals surface area contributed by atoms with Crippen LogP contribution in [-0.2, 0) is 0 Å². The molecule has 0 bridgehead atoms. The zero-order valence-corrected chi connectivity index (χ0v) is 10.3. The van der Waals surface area contributed by atoms with E-state index in [2.05, 4.69) is 0 Å². The predicted octanol–water partition coefficient (Wildman–Crippen LogP) is 3.74. The number of halogens is 2. The van der Waals surface area contributed by atoms with Gasteiger partial charge in [-0.25, -0.2) is 4.39 Å². The molecule has 100 valence electrons. The van der Waals surface area contributed by atoms with Crippen molar-refractivity contribution in [1.29, 1.82) is 0 Å². The highest BCUT2D eigenvalue weighted by Gasteiger charge is 2.10. The standard InChI is InChI=1S/C14H13F2NO2/c1-2-18-10-6-9(17)7-11(8-10)19-13-5-3-4-12(15)14(13)16/h3-8H,2,17H2,1H3. The Morgan fingerprint density at radius 3 is 2.58 bits per heavy atom. The highest BCUT2D eigenvalue weighted by atomic mass is 19.2. The lowest BCUT2D eigenvalue weighted by atomic mass is 10.2. The fourth-order valence-electron chi connectivity index (χ4n) is 1.59. The molecule has 3 nitrogen and oxygen atoms in total. The number of nitrogen functional groups attached to an aromatic ring is 1. The number of nitrogens with two attached hydrogens (primary N) is 1. The van der Waals surface area contributed by atoms with Gasteiger partial charge in [0.1, 0.15) is 11.5 Å². The van der Waals surface area contributed by atoms with Crippen LogP contribution in [0.5, 0.6) is 17.2 Å². The normalized spacial score (nSPS) is 10.3. The Hall–Kier alpha value is -2.30. The topological polar surface area (TPSA) is 44.5 Å². The fraction of sp³-hybridized carbons (Fsp3) is 0.143. The second-order valence-corrected chi connectivity index (χ2v) is 3.82. The van der Waals surface area contributed by atoms with Gasteiger partial charge in [0.25, 0.3) is 0 Å². The molecule has 2 aromatic rings. The van der Waals surface area contributed by atoms with Gasteiger partial charge in [-0.2, -0.15) is 4.39 Å². The van der Waals surface area contributed by atoms with Crippen molar-refractivity contribution in [3.63, 3.8) is 0 Å². The highest BCUT2D eigenvalue weighted by molar-refractivity contribution is 5.51. The summed E-state index contributed by atoms with van der Waals surface area (Å²) in [5, 5.41) is 0. The molecule has 0 aliphatic rings. The van der Waals surface area contributed by atoms with E-state index in [4.69, 9.17) is 15.2 Å². The van der Waals surface area contributed by atoms with Crippen molar-refractivity contribution < 1.29 is 18.3 Å². The molecule has 0 fully saturated rings. The minimum Gasteiger partial charge on any atom is -0.494 e.